The number of hydrogen-bond acceptors (Lipinski definition) is 5. The second-order valence-electron chi connectivity index (χ2n) is 4.34. The normalized spacial score (nSPS) is 15.0. The van der Waals surface area contributed by atoms with E-state index in [1.165, 1.54) is 17.4 Å². The van der Waals surface area contributed by atoms with Crippen LogP contribution >= 0.6 is 0 Å². The Kier molecular flexibility index (Phi) is 3.26. The van der Waals surface area contributed by atoms with Crippen LogP contribution in [0.2, 0.25) is 0 Å². The molecular formula is C12H12N4O4S. The van der Waals surface area contributed by atoms with Gasteiger partial charge in [0, 0.05) is 5.69 Å². The molecule has 2 N–H and O–H groups in total. The lowest BCUT2D eigenvalue weighted by Gasteiger charge is -2.14. The van der Waals surface area contributed by atoms with Crippen molar-refractivity contribution in [1.29, 1.82) is 0 Å². The van der Waals surface area contributed by atoms with E-state index < -0.39 is 16.1 Å². The van der Waals surface area contributed by atoms with E-state index >= 15 is 0 Å². The summed E-state index contributed by atoms with van der Waals surface area (Å²) in [5.74, 6) is 0. The smallest absolute Gasteiger partial charge is 0.414 e. The van der Waals surface area contributed by atoms with Crippen molar-refractivity contribution in [3.8, 4) is 0 Å². The molecule has 9 heteroatoms. The molecule has 8 nitrogen and oxygen atoms in total. The van der Waals surface area contributed by atoms with Crippen molar-refractivity contribution in [2.24, 2.45) is 0 Å². The lowest BCUT2D eigenvalue weighted by molar-refractivity contribution is 0.181. The van der Waals surface area contributed by atoms with Crippen molar-refractivity contribution in [2.75, 3.05) is 22.8 Å². The van der Waals surface area contributed by atoms with Crippen LogP contribution in [0.3, 0.4) is 0 Å². The quantitative estimate of drug-likeness (QED) is 0.882. The second kappa shape index (κ2) is 5.09. The van der Waals surface area contributed by atoms with E-state index in [0.29, 0.717) is 24.5 Å². The highest BCUT2D eigenvalue weighted by Crippen LogP contribution is 2.23. The van der Waals surface area contributed by atoms with Crippen molar-refractivity contribution in [3.63, 3.8) is 0 Å². The molecular weight excluding hydrogens is 296 g/mol. The van der Waals surface area contributed by atoms with Crippen LogP contribution in [0.15, 0.2) is 41.8 Å². The Morgan fingerprint density at radius 3 is 2.90 bits per heavy atom. The van der Waals surface area contributed by atoms with Gasteiger partial charge >= 0.3 is 6.09 Å². The Morgan fingerprint density at radius 1 is 1.38 bits per heavy atom. The van der Waals surface area contributed by atoms with Crippen LogP contribution in [-0.2, 0) is 14.8 Å². The number of anilines is 2. The van der Waals surface area contributed by atoms with E-state index in [1.54, 1.807) is 24.3 Å². The average molecular weight is 308 g/mol. The number of benzene rings is 1. The molecule has 1 aliphatic rings. The molecule has 1 fully saturated rings. The first-order valence-electron chi connectivity index (χ1n) is 6.12. The monoisotopic (exact) mass is 308 g/mol. The van der Waals surface area contributed by atoms with Crippen LogP contribution in [0.25, 0.3) is 0 Å². The number of sulfonamides is 1. The lowest BCUT2D eigenvalue weighted by Crippen LogP contribution is -2.23. The molecule has 1 aromatic heterocycles. The van der Waals surface area contributed by atoms with Crippen LogP contribution in [0.1, 0.15) is 0 Å². The molecule has 0 unspecified atom stereocenters. The van der Waals surface area contributed by atoms with E-state index in [2.05, 4.69) is 14.7 Å². The number of imidazole rings is 1. The number of hydrogen-bond donors (Lipinski definition) is 2. The molecule has 1 aromatic carbocycles. The van der Waals surface area contributed by atoms with Crippen LogP contribution in [-0.4, -0.2) is 37.6 Å². The first-order valence-corrected chi connectivity index (χ1v) is 7.60. The zero-order valence-electron chi connectivity index (χ0n) is 10.8. The fraction of sp³-hybridized carbons (Fsp3) is 0.167. The molecule has 3 rings (SSSR count). The minimum atomic E-state index is -3.73. The van der Waals surface area contributed by atoms with E-state index in [-0.39, 0.29) is 5.03 Å². The SMILES string of the molecule is O=C1OCCN1c1cccc(NS(=O)(=O)c2cnc[nH]2)c1. The molecule has 110 valence electrons. The van der Waals surface area contributed by atoms with Gasteiger partial charge in [-0.25, -0.2) is 9.78 Å². The number of H-pyrrole nitrogens is 1. The van der Waals surface area contributed by atoms with E-state index in [0.717, 1.165) is 0 Å². The molecule has 0 aliphatic carbocycles. The lowest BCUT2D eigenvalue weighted by atomic mass is 10.2. The van der Waals surface area contributed by atoms with Gasteiger partial charge in [0.2, 0.25) is 0 Å². The van der Waals surface area contributed by atoms with Gasteiger partial charge in [0.1, 0.15) is 6.61 Å². The van der Waals surface area contributed by atoms with Crippen LogP contribution in [0.5, 0.6) is 0 Å². The number of nitrogens with zero attached hydrogens (tertiary/aromatic N) is 2. The minimum Gasteiger partial charge on any atom is -0.447 e. The van der Waals surface area contributed by atoms with Crippen molar-refractivity contribution < 1.29 is 17.9 Å². The predicted octanol–water partition coefficient (Wildman–Crippen LogP) is 1.17. The number of amides is 1. The number of carbonyl (C=O) groups excluding carboxylic acids is 1. The van der Waals surface area contributed by atoms with Crippen molar-refractivity contribution in [3.05, 3.63) is 36.8 Å². The summed E-state index contributed by atoms with van der Waals surface area (Å²) in [6, 6.07) is 6.53. The van der Waals surface area contributed by atoms with Crippen molar-refractivity contribution in [2.45, 2.75) is 5.03 Å². The van der Waals surface area contributed by atoms with Gasteiger partial charge in [0.15, 0.2) is 5.03 Å². The summed E-state index contributed by atoms with van der Waals surface area (Å²) in [5.41, 5.74) is 0.920. The Balaban J connectivity index is 1.85. The van der Waals surface area contributed by atoms with Gasteiger partial charge in [0.25, 0.3) is 10.0 Å². The third-order valence-electron chi connectivity index (χ3n) is 2.93. The Labute approximate surface area is 120 Å². The van der Waals surface area contributed by atoms with Gasteiger partial charge in [-0.05, 0) is 18.2 Å². The van der Waals surface area contributed by atoms with Gasteiger partial charge in [0.05, 0.1) is 24.8 Å². The van der Waals surface area contributed by atoms with E-state index in [1.807, 2.05) is 0 Å². The molecule has 1 amide bonds. The number of rotatable bonds is 4. The maximum atomic E-state index is 12.1. The van der Waals surface area contributed by atoms with E-state index in [4.69, 9.17) is 4.74 Å². The molecule has 1 aliphatic heterocycles. The molecule has 0 atom stereocenters. The predicted molar refractivity (Wildman–Crippen MR) is 74.5 cm³/mol. The minimum absolute atomic E-state index is 0.0338. The topological polar surface area (TPSA) is 104 Å². The number of ether oxygens (including phenoxy) is 1. The summed E-state index contributed by atoms with van der Waals surface area (Å²) >= 11 is 0. The molecule has 1 saturated heterocycles. The molecule has 21 heavy (non-hydrogen) atoms. The second-order valence-corrected chi connectivity index (χ2v) is 5.99. The first kappa shape index (κ1) is 13.4. The number of carbonyl (C=O) groups is 1. The van der Waals surface area contributed by atoms with Gasteiger partial charge in [-0.1, -0.05) is 6.07 Å². The number of aromatic amines is 1. The highest BCUT2D eigenvalue weighted by molar-refractivity contribution is 7.92. The summed E-state index contributed by atoms with van der Waals surface area (Å²) < 4.78 is 31.4. The first-order chi connectivity index (χ1) is 10.1. The Hall–Kier alpha value is -2.55. The Bertz CT molecular complexity index is 757. The maximum absolute atomic E-state index is 12.1. The zero-order chi connectivity index (χ0) is 14.9. The van der Waals surface area contributed by atoms with Crippen molar-refractivity contribution >= 4 is 27.5 Å². The highest BCUT2D eigenvalue weighted by atomic mass is 32.2. The fourth-order valence-corrected chi connectivity index (χ4v) is 2.92. The molecule has 0 saturated carbocycles. The van der Waals surface area contributed by atoms with Gasteiger partial charge in [-0.15, -0.1) is 0 Å². The number of cyclic esters (lactones) is 1. The summed E-state index contributed by atoms with van der Waals surface area (Å²) in [7, 11) is -3.73. The average Bonchev–Trinajstić information content (AvgIpc) is 3.09. The summed E-state index contributed by atoms with van der Waals surface area (Å²) in [5, 5.41) is -0.0338. The molecule has 0 bridgehead atoms. The summed E-state index contributed by atoms with van der Waals surface area (Å²) in [6.07, 6.45) is 2.05. The van der Waals surface area contributed by atoms with Crippen LogP contribution in [0, 0.1) is 0 Å². The molecule has 0 spiro atoms. The third kappa shape index (κ3) is 2.68. The summed E-state index contributed by atoms with van der Waals surface area (Å²) in [4.78, 5) is 19.2. The van der Waals surface area contributed by atoms with Gasteiger partial charge in [-0.2, -0.15) is 8.42 Å². The summed E-state index contributed by atoms with van der Waals surface area (Å²) in [6.45, 7) is 0.762. The largest absolute Gasteiger partial charge is 0.447 e. The maximum Gasteiger partial charge on any atom is 0.414 e. The van der Waals surface area contributed by atoms with Gasteiger partial charge in [-0.3, -0.25) is 9.62 Å². The molecule has 2 heterocycles. The van der Waals surface area contributed by atoms with E-state index in [9.17, 15) is 13.2 Å². The number of nitrogens with one attached hydrogen (secondary N) is 2. The van der Waals surface area contributed by atoms with Gasteiger partial charge < -0.3 is 9.72 Å². The zero-order valence-corrected chi connectivity index (χ0v) is 11.6. The standard InChI is InChI=1S/C12H12N4O4S/c17-12-16(4-5-20-12)10-3-1-2-9(6-10)15-21(18,19)11-7-13-8-14-11/h1-3,6-8,15H,4-5H2,(H,13,14). The van der Waals surface area contributed by atoms with Crippen LogP contribution < -0.4 is 9.62 Å². The fourth-order valence-electron chi connectivity index (χ4n) is 1.97. The molecule has 0 radical (unpaired) electrons. The molecule has 2 aromatic rings. The highest BCUT2D eigenvalue weighted by Gasteiger charge is 2.24. The Morgan fingerprint density at radius 2 is 2.24 bits per heavy atom. The third-order valence-corrected chi connectivity index (χ3v) is 4.24. The number of aromatic nitrogens is 2. The van der Waals surface area contributed by atoms with Crippen LogP contribution in [0.4, 0.5) is 16.2 Å². The van der Waals surface area contributed by atoms with Crippen molar-refractivity contribution in [1.82, 2.24) is 9.97 Å².